The van der Waals surface area contributed by atoms with Crippen molar-refractivity contribution in [1.82, 2.24) is 0 Å². The van der Waals surface area contributed by atoms with E-state index < -0.39 is 5.82 Å². The molecule has 1 unspecified atom stereocenters. The molecule has 0 amide bonds. The average molecular weight is 261 g/mol. The predicted molar refractivity (Wildman–Crippen MR) is 64.4 cm³/mol. The van der Waals surface area contributed by atoms with Crippen LogP contribution in [0.2, 0.25) is 10.0 Å². The number of nitrogens with one attached hydrogen (secondary N) is 1. The first-order valence-corrected chi connectivity index (χ1v) is 5.62. The molecule has 0 radical (unpaired) electrons. The number of rotatable bonds is 4. The van der Waals surface area contributed by atoms with E-state index in [1.165, 1.54) is 12.1 Å². The molecule has 1 aromatic carbocycles. The topological polar surface area (TPSA) is 35.8 Å². The van der Waals surface area contributed by atoms with Crippen LogP contribution < -0.4 is 5.32 Å². The maximum Gasteiger partial charge on any atom is 0.126 e. The van der Waals surface area contributed by atoms with E-state index in [1.807, 2.05) is 6.92 Å². The van der Waals surface area contributed by atoms with Gasteiger partial charge in [-0.3, -0.25) is 0 Å². The number of halogens is 3. The molecular formula is C11H11Cl2FN2. The zero-order valence-corrected chi connectivity index (χ0v) is 10.2. The second kappa shape index (κ2) is 5.93. The molecule has 0 aliphatic rings. The molecule has 0 aliphatic heterocycles. The van der Waals surface area contributed by atoms with Crippen molar-refractivity contribution in [3.8, 4) is 6.07 Å². The quantitative estimate of drug-likeness (QED) is 0.879. The standard InChI is InChI=1S/C11H11Cl2FN2/c1-2-8(3-4-15)16-11-9(12)5-7(14)6-10(11)13/h5-6,8,16H,2-3H2,1H3. The van der Waals surface area contributed by atoms with Crippen LogP contribution in [-0.2, 0) is 0 Å². The Balaban J connectivity index is 2.92. The maximum atomic E-state index is 12.9. The Morgan fingerprint density at radius 1 is 1.44 bits per heavy atom. The Hall–Kier alpha value is -0.980. The number of hydrogen-bond donors (Lipinski definition) is 1. The van der Waals surface area contributed by atoms with Crippen molar-refractivity contribution in [2.45, 2.75) is 25.8 Å². The molecule has 0 saturated carbocycles. The van der Waals surface area contributed by atoms with Gasteiger partial charge in [0.05, 0.1) is 28.2 Å². The summed E-state index contributed by atoms with van der Waals surface area (Å²) in [6.45, 7) is 1.94. The molecule has 0 saturated heterocycles. The van der Waals surface area contributed by atoms with Crippen molar-refractivity contribution >= 4 is 28.9 Å². The molecule has 5 heteroatoms. The smallest absolute Gasteiger partial charge is 0.126 e. The molecule has 1 atom stereocenters. The van der Waals surface area contributed by atoms with E-state index >= 15 is 0 Å². The highest BCUT2D eigenvalue weighted by Gasteiger charge is 2.12. The Kier molecular flexibility index (Phi) is 4.85. The monoisotopic (exact) mass is 260 g/mol. The molecule has 0 bridgehead atoms. The van der Waals surface area contributed by atoms with Crippen LogP contribution in [-0.4, -0.2) is 6.04 Å². The lowest BCUT2D eigenvalue weighted by atomic mass is 10.1. The molecule has 1 N–H and O–H groups in total. The Morgan fingerprint density at radius 3 is 2.44 bits per heavy atom. The number of benzene rings is 1. The minimum absolute atomic E-state index is 0.0366. The summed E-state index contributed by atoms with van der Waals surface area (Å²) < 4.78 is 12.9. The molecule has 16 heavy (non-hydrogen) atoms. The largest absolute Gasteiger partial charge is 0.379 e. The summed E-state index contributed by atoms with van der Waals surface area (Å²) >= 11 is 11.7. The number of hydrogen-bond acceptors (Lipinski definition) is 2. The zero-order chi connectivity index (χ0) is 12.1. The highest BCUT2D eigenvalue weighted by atomic mass is 35.5. The summed E-state index contributed by atoms with van der Waals surface area (Å²) in [5.41, 5.74) is 0.479. The first-order chi connectivity index (χ1) is 7.58. The van der Waals surface area contributed by atoms with Crippen LogP contribution in [0.1, 0.15) is 19.8 Å². The number of nitriles is 1. The van der Waals surface area contributed by atoms with Crippen LogP contribution >= 0.6 is 23.2 Å². The zero-order valence-electron chi connectivity index (χ0n) is 8.73. The molecule has 0 aromatic heterocycles. The molecule has 0 aliphatic carbocycles. The lowest BCUT2D eigenvalue weighted by molar-refractivity contribution is 0.627. The Bertz CT molecular complexity index is 392. The fourth-order valence-corrected chi connectivity index (χ4v) is 1.86. The highest BCUT2D eigenvalue weighted by Crippen LogP contribution is 2.32. The summed E-state index contributed by atoms with van der Waals surface area (Å²) in [6, 6.07) is 4.41. The van der Waals surface area contributed by atoms with Crippen molar-refractivity contribution < 1.29 is 4.39 Å². The molecule has 0 spiro atoms. The molecule has 2 nitrogen and oxygen atoms in total. The minimum Gasteiger partial charge on any atom is -0.379 e. The fourth-order valence-electron chi connectivity index (χ4n) is 1.29. The van der Waals surface area contributed by atoms with Crippen molar-refractivity contribution in [3.63, 3.8) is 0 Å². The van der Waals surface area contributed by atoms with Gasteiger partial charge in [0.2, 0.25) is 0 Å². The van der Waals surface area contributed by atoms with E-state index in [-0.39, 0.29) is 16.1 Å². The Labute approximate surface area is 104 Å². The summed E-state index contributed by atoms with van der Waals surface area (Å²) in [7, 11) is 0. The van der Waals surface area contributed by atoms with Gasteiger partial charge in [-0.1, -0.05) is 30.1 Å². The van der Waals surface area contributed by atoms with Crippen LogP contribution in [0.5, 0.6) is 0 Å². The van der Waals surface area contributed by atoms with Gasteiger partial charge >= 0.3 is 0 Å². The van der Waals surface area contributed by atoms with Crippen LogP contribution in [0.25, 0.3) is 0 Å². The van der Waals surface area contributed by atoms with Crippen LogP contribution in [0.15, 0.2) is 12.1 Å². The van der Waals surface area contributed by atoms with Gasteiger partial charge in [0.15, 0.2) is 0 Å². The fraction of sp³-hybridized carbons (Fsp3) is 0.364. The number of anilines is 1. The van der Waals surface area contributed by atoms with E-state index in [0.29, 0.717) is 12.1 Å². The summed E-state index contributed by atoms with van der Waals surface area (Å²) in [4.78, 5) is 0. The average Bonchev–Trinajstić information content (AvgIpc) is 2.21. The third kappa shape index (κ3) is 3.26. The van der Waals surface area contributed by atoms with Crippen LogP contribution in [0.3, 0.4) is 0 Å². The second-order valence-electron chi connectivity index (χ2n) is 3.36. The van der Waals surface area contributed by atoms with Gasteiger partial charge in [0.25, 0.3) is 0 Å². The highest BCUT2D eigenvalue weighted by molar-refractivity contribution is 6.39. The maximum absolute atomic E-state index is 12.9. The summed E-state index contributed by atoms with van der Waals surface area (Å²) in [5, 5.41) is 12.1. The van der Waals surface area contributed by atoms with Gasteiger partial charge in [-0.05, 0) is 18.6 Å². The summed E-state index contributed by atoms with van der Waals surface area (Å²) in [6.07, 6.45) is 1.11. The van der Waals surface area contributed by atoms with Gasteiger partial charge in [0.1, 0.15) is 5.82 Å². The van der Waals surface area contributed by atoms with Gasteiger partial charge in [-0.2, -0.15) is 5.26 Å². The SMILES string of the molecule is CCC(CC#N)Nc1c(Cl)cc(F)cc1Cl. The van der Waals surface area contributed by atoms with Gasteiger partial charge in [-0.15, -0.1) is 0 Å². The third-order valence-corrected chi connectivity index (χ3v) is 2.78. The van der Waals surface area contributed by atoms with Crippen LogP contribution in [0.4, 0.5) is 10.1 Å². The first kappa shape index (κ1) is 13.1. The van der Waals surface area contributed by atoms with E-state index in [1.54, 1.807) is 0 Å². The molecule has 86 valence electrons. The summed E-state index contributed by atoms with van der Waals surface area (Å²) in [5.74, 6) is -0.478. The second-order valence-corrected chi connectivity index (χ2v) is 4.17. The van der Waals surface area contributed by atoms with Crippen molar-refractivity contribution in [2.24, 2.45) is 0 Å². The molecule has 1 aromatic rings. The molecule has 0 fully saturated rings. The molecule has 1 rings (SSSR count). The van der Waals surface area contributed by atoms with E-state index in [2.05, 4.69) is 11.4 Å². The van der Waals surface area contributed by atoms with Crippen molar-refractivity contribution in [2.75, 3.05) is 5.32 Å². The van der Waals surface area contributed by atoms with Gasteiger partial charge in [-0.25, -0.2) is 4.39 Å². The first-order valence-electron chi connectivity index (χ1n) is 4.86. The Morgan fingerprint density at radius 2 is 2.00 bits per heavy atom. The molecule has 0 heterocycles. The van der Waals surface area contributed by atoms with E-state index in [0.717, 1.165) is 6.42 Å². The van der Waals surface area contributed by atoms with Gasteiger partial charge < -0.3 is 5.32 Å². The van der Waals surface area contributed by atoms with Crippen molar-refractivity contribution in [3.05, 3.63) is 28.0 Å². The molecular weight excluding hydrogens is 250 g/mol. The van der Waals surface area contributed by atoms with E-state index in [4.69, 9.17) is 28.5 Å². The minimum atomic E-state index is -0.478. The predicted octanol–water partition coefficient (Wildman–Crippen LogP) is 4.24. The van der Waals surface area contributed by atoms with Crippen molar-refractivity contribution in [1.29, 1.82) is 5.26 Å². The third-order valence-electron chi connectivity index (χ3n) is 2.19. The van der Waals surface area contributed by atoms with Gasteiger partial charge in [0, 0.05) is 6.04 Å². The number of nitrogens with zero attached hydrogens (tertiary/aromatic N) is 1. The van der Waals surface area contributed by atoms with E-state index in [9.17, 15) is 4.39 Å². The lowest BCUT2D eigenvalue weighted by Gasteiger charge is -2.17. The lowest BCUT2D eigenvalue weighted by Crippen LogP contribution is -2.18. The normalized spacial score (nSPS) is 11.9. The van der Waals surface area contributed by atoms with Crippen LogP contribution in [0, 0.1) is 17.1 Å².